The molecule has 1 atom stereocenters. The minimum Gasteiger partial charge on any atom is -0.311 e. The number of nitrogens with zero attached hydrogens (tertiary/aromatic N) is 4. The highest BCUT2D eigenvalue weighted by molar-refractivity contribution is 6.31. The van der Waals surface area contributed by atoms with E-state index in [0.29, 0.717) is 22.2 Å². The lowest BCUT2D eigenvalue weighted by atomic mass is 10.0. The van der Waals surface area contributed by atoms with E-state index in [9.17, 15) is 4.79 Å². The van der Waals surface area contributed by atoms with Gasteiger partial charge in [-0.1, -0.05) is 35.9 Å². The fourth-order valence-electron chi connectivity index (χ4n) is 2.57. The van der Waals surface area contributed by atoms with Crippen LogP contribution in [0.3, 0.4) is 0 Å². The second-order valence-electron chi connectivity index (χ2n) is 5.69. The van der Waals surface area contributed by atoms with Crippen LogP contribution >= 0.6 is 11.6 Å². The van der Waals surface area contributed by atoms with Crippen LogP contribution in [0.5, 0.6) is 0 Å². The fourth-order valence-corrected chi connectivity index (χ4v) is 2.93. The molecule has 0 spiro atoms. The van der Waals surface area contributed by atoms with E-state index in [4.69, 9.17) is 11.6 Å². The molecule has 0 bridgehead atoms. The molecule has 6 nitrogen and oxygen atoms in total. The Labute approximate surface area is 144 Å². The summed E-state index contributed by atoms with van der Waals surface area (Å²) in [5.41, 5.74) is 3.01. The highest BCUT2D eigenvalue weighted by Crippen LogP contribution is 2.27. The second-order valence-corrected chi connectivity index (χ2v) is 6.09. The Hall–Kier alpha value is -2.47. The topological polar surface area (TPSA) is 76.5 Å². The zero-order valence-corrected chi connectivity index (χ0v) is 14.5. The van der Waals surface area contributed by atoms with E-state index >= 15 is 0 Å². The number of benzene rings is 1. The number of rotatable bonds is 4. The highest BCUT2D eigenvalue weighted by atomic mass is 35.5. The molecule has 2 aromatic heterocycles. The van der Waals surface area contributed by atoms with Crippen molar-refractivity contribution in [1.82, 2.24) is 25.0 Å². The van der Waals surface area contributed by atoms with Gasteiger partial charge in [0.1, 0.15) is 11.5 Å². The van der Waals surface area contributed by atoms with Crippen molar-refractivity contribution in [3.8, 4) is 11.4 Å². The van der Waals surface area contributed by atoms with Gasteiger partial charge in [0.2, 0.25) is 0 Å². The molecular weight excluding hydrogens is 326 g/mol. The maximum absolute atomic E-state index is 11.6. The van der Waals surface area contributed by atoms with Crippen molar-refractivity contribution in [3.05, 3.63) is 62.8 Å². The molecular formula is C17H18ClN5O. The summed E-state index contributed by atoms with van der Waals surface area (Å²) in [5.74, 6) is 0.540. The summed E-state index contributed by atoms with van der Waals surface area (Å²) in [7, 11) is 0. The Kier molecular flexibility index (Phi) is 4.49. The number of nitrogens with one attached hydrogen (secondary N) is 1. The van der Waals surface area contributed by atoms with Crippen LogP contribution in [0, 0.1) is 6.92 Å². The molecule has 1 aromatic carbocycles. The third-order valence-electron chi connectivity index (χ3n) is 3.95. The molecule has 24 heavy (non-hydrogen) atoms. The van der Waals surface area contributed by atoms with Gasteiger partial charge in [0.15, 0.2) is 0 Å². The Morgan fingerprint density at radius 3 is 2.75 bits per heavy atom. The average molecular weight is 344 g/mol. The lowest BCUT2D eigenvalue weighted by Crippen LogP contribution is -2.09. The number of aryl methyl sites for hydroxylation is 2. The van der Waals surface area contributed by atoms with Gasteiger partial charge in [-0.15, -0.1) is 5.10 Å². The molecule has 3 rings (SSSR count). The van der Waals surface area contributed by atoms with Crippen molar-refractivity contribution in [2.75, 3.05) is 0 Å². The van der Waals surface area contributed by atoms with E-state index in [1.807, 2.05) is 19.1 Å². The fraction of sp³-hybridized carbons (Fsp3) is 0.294. The molecule has 0 saturated carbocycles. The second kappa shape index (κ2) is 6.57. The van der Waals surface area contributed by atoms with Crippen molar-refractivity contribution in [2.24, 2.45) is 0 Å². The Morgan fingerprint density at radius 2 is 2.08 bits per heavy atom. The minimum atomic E-state index is -0.210. The molecule has 0 aliphatic heterocycles. The quantitative estimate of drug-likeness (QED) is 0.789. The first-order valence-corrected chi connectivity index (χ1v) is 8.14. The van der Waals surface area contributed by atoms with Crippen LogP contribution in [0.2, 0.25) is 5.02 Å². The molecule has 7 heteroatoms. The summed E-state index contributed by atoms with van der Waals surface area (Å²) in [6, 6.07) is 7.40. The standard InChI is InChI=1S/C17H18ClN5O/c1-4-12-5-6-13(14(18)7-12)10(2)23-9-16(21-22-23)15-8-17(24)20-11(3)19-15/h5-10H,4H2,1-3H3,(H,19,20,24). The number of halogens is 1. The average Bonchev–Trinajstić information content (AvgIpc) is 3.03. The predicted octanol–water partition coefficient (Wildman–Crippen LogP) is 3.16. The van der Waals surface area contributed by atoms with Crippen LogP contribution in [0.25, 0.3) is 11.4 Å². The third kappa shape index (κ3) is 3.23. The van der Waals surface area contributed by atoms with E-state index < -0.39 is 0 Å². The zero-order valence-electron chi connectivity index (χ0n) is 13.7. The van der Waals surface area contributed by atoms with Crippen molar-refractivity contribution in [3.63, 3.8) is 0 Å². The molecule has 0 amide bonds. The van der Waals surface area contributed by atoms with E-state index in [-0.39, 0.29) is 11.6 Å². The van der Waals surface area contributed by atoms with Crippen molar-refractivity contribution in [2.45, 2.75) is 33.2 Å². The van der Waals surface area contributed by atoms with Gasteiger partial charge in [0.25, 0.3) is 5.56 Å². The van der Waals surface area contributed by atoms with Crippen molar-refractivity contribution in [1.29, 1.82) is 0 Å². The van der Waals surface area contributed by atoms with Crippen LogP contribution in [-0.2, 0) is 6.42 Å². The normalized spacial score (nSPS) is 12.3. The summed E-state index contributed by atoms with van der Waals surface area (Å²) in [6.07, 6.45) is 2.71. The molecule has 0 aliphatic carbocycles. The molecule has 1 N–H and O–H groups in total. The van der Waals surface area contributed by atoms with Gasteiger partial charge in [-0.25, -0.2) is 9.67 Å². The van der Waals surface area contributed by atoms with E-state index in [0.717, 1.165) is 12.0 Å². The summed E-state index contributed by atoms with van der Waals surface area (Å²) in [6.45, 7) is 5.82. The van der Waals surface area contributed by atoms with Gasteiger partial charge in [0, 0.05) is 11.1 Å². The van der Waals surface area contributed by atoms with Gasteiger partial charge in [-0.2, -0.15) is 0 Å². The highest BCUT2D eigenvalue weighted by Gasteiger charge is 2.15. The van der Waals surface area contributed by atoms with Crippen LogP contribution in [0.4, 0.5) is 0 Å². The van der Waals surface area contributed by atoms with Gasteiger partial charge in [-0.3, -0.25) is 4.79 Å². The predicted molar refractivity (Wildman–Crippen MR) is 93.3 cm³/mol. The maximum atomic E-state index is 11.6. The Bertz CT molecular complexity index is 931. The van der Waals surface area contributed by atoms with E-state index in [1.54, 1.807) is 17.8 Å². The summed E-state index contributed by atoms with van der Waals surface area (Å²) >= 11 is 6.40. The van der Waals surface area contributed by atoms with Crippen molar-refractivity contribution < 1.29 is 0 Å². The van der Waals surface area contributed by atoms with Gasteiger partial charge >= 0.3 is 0 Å². The first kappa shape index (κ1) is 16.4. The monoisotopic (exact) mass is 343 g/mol. The van der Waals surface area contributed by atoms with E-state index in [2.05, 4.69) is 33.3 Å². The van der Waals surface area contributed by atoms with Crippen LogP contribution < -0.4 is 5.56 Å². The molecule has 2 heterocycles. The summed E-state index contributed by atoms with van der Waals surface area (Å²) in [5, 5.41) is 9.01. The number of hydrogen-bond acceptors (Lipinski definition) is 4. The number of aromatic amines is 1. The van der Waals surface area contributed by atoms with Gasteiger partial charge in [0.05, 0.1) is 17.9 Å². The maximum Gasteiger partial charge on any atom is 0.251 e. The van der Waals surface area contributed by atoms with Gasteiger partial charge in [-0.05, 0) is 37.5 Å². The Morgan fingerprint density at radius 1 is 1.29 bits per heavy atom. The lowest BCUT2D eigenvalue weighted by molar-refractivity contribution is 0.543. The largest absolute Gasteiger partial charge is 0.311 e. The molecule has 1 unspecified atom stereocenters. The first-order valence-electron chi connectivity index (χ1n) is 7.76. The van der Waals surface area contributed by atoms with Gasteiger partial charge < -0.3 is 4.98 Å². The number of hydrogen-bond donors (Lipinski definition) is 1. The first-order chi connectivity index (χ1) is 11.5. The molecule has 0 aliphatic rings. The molecule has 0 radical (unpaired) electrons. The minimum absolute atomic E-state index is 0.0762. The van der Waals surface area contributed by atoms with Crippen LogP contribution in [-0.4, -0.2) is 25.0 Å². The molecule has 124 valence electrons. The molecule has 3 aromatic rings. The SMILES string of the molecule is CCc1ccc(C(C)n2cc(-c3cc(=O)[nH]c(C)n3)nn2)c(Cl)c1. The summed E-state index contributed by atoms with van der Waals surface area (Å²) in [4.78, 5) is 18.5. The lowest BCUT2D eigenvalue weighted by Gasteiger charge is -2.14. The number of aromatic nitrogens is 5. The molecule has 0 fully saturated rings. The third-order valence-corrected chi connectivity index (χ3v) is 4.28. The van der Waals surface area contributed by atoms with Crippen LogP contribution in [0.1, 0.15) is 36.8 Å². The smallest absolute Gasteiger partial charge is 0.251 e. The van der Waals surface area contributed by atoms with E-state index in [1.165, 1.54) is 11.6 Å². The summed E-state index contributed by atoms with van der Waals surface area (Å²) < 4.78 is 1.72. The van der Waals surface area contributed by atoms with Crippen LogP contribution in [0.15, 0.2) is 35.3 Å². The number of H-pyrrole nitrogens is 1. The zero-order chi connectivity index (χ0) is 17.3. The Balaban J connectivity index is 1.94. The van der Waals surface area contributed by atoms with Crippen molar-refractivity contribution >= 4 is 11.6 Å². The molecule has 0 saturated heterocycles.